The molecule has 0 amide bonds. The minimum absolute atomic E-state index is 0.906. The Morgan fingerprint density at radius 3 is 2.09 bits per heavy atom. The summed E-state index contributed by atoms with van der Waals surface area (Å²) >= 11 is 2.44. The molecular weight excluding hydrogens is 387 g/mol. The van der Waals surface area contributed by atoms with Crippen LogP contribution in [0.4, 0.5) is 0 Å². The maximum Gasteiger partial charge on any atom is 0.126 e. The highest BCUT2D eigenvalue weighted by molar-refractivity contribution is 14.1. The molecule has 0 saturated heterocycles. The highest BCUT2D eigenvalue weighted by atomic mass is 127. The molecule has 0 aliphatic rings. The van der Waals surface area contributed by atoms with Crippen molar-refractivity contribution in [1.82, 2.24) is 0 Å². The summed E-state index contributed by atoms with van der Waals surface area (Å²) in [5, 5.41) is 0. The van der Waals surface area contributed by atoms with Crippen LogP contribution < -0.4 is 9.47 Å². The molecule has 0 aromatic heterocycles. The molecular formula is C19H29IO2. The third kappa shape index (κ3) is 4.40. The normalized spacial score (nSPS) is 11.7. The lowest BCUT2D eigenvalue weighted by Gasteiger charge is -2.21. The Bertz CT molecular complexity index is 533. The van der Waals surface area contributed by atoms with Crippen LogP contribution in [0.2, 0.25) is 0 Å². The number of benzene rings is 1. The molecule has 3 heteroatoms. The first kappa shape index (κ1) is 19.3. The van der Waals surface area contributed by atoms with Gasteiger partial charge in [-0.05, 0) is 62.0 Å². The third-order valence-electron chi connectivity index (χ3n) is 4.26. The minimum atomic E-state index is 0.906. The summed E-state index contributed by atoms with van der Waals surface area (Å²) in [5.74, 6) is 2.04. The predicted molar refractivity (Wildman–Crippen MR) is 104 cm³/mol. The van der Waals surface area contributed by atoms with E-state index < -0.39 is 0 Å². The van der Waals surface area contributed by atoms with Crippen LogP contribution >= 0.6 is 22.6 Å². The van der Waals surface area contributed by atoms with Gasteiger partial charge in [-0.15, -0.1) is 0 Å². The first-order valence-corrected chi connectivity index (χ1v) is 9.48. The highest BCUT2D eigenvalue weighted by Crippen LogP contribution is 2.38. The number of allylic oxidation sites excluding steroid dienone is 2. The molecule has 0 atom stereocenters. The Morgan fingerprint density at radius 2 is 1.59 bits per heavy atom. The highest BCUT2D eigenvalue weighted by Gasteiger charge is 2.19. The van der Waals surface area contributed by atoms with E-state index in [1.165, 1.54) is 45.1 Å². The zero-order chi connectivity index (χ0) is 16.7. The standard InChI is InChI=1S/C19H29IO2/c1-7-16-14(3)19(22-6)17(15(4)18(16)21-5)11-10-13(2)9-8-12-20/h10H,7-9,11-12H2,1-6H3/b13-10+. The fourth-order valence-corrected chi connectivity index (χ4v) is 3.40. The predicted octanol–water partition coefficient (Wildman–Crippen LogP) is 5.59. The molecule has 0 heterocycles. The molecule has 124 valence electrons. The lowest BCUT2D eigenvalue weighted by atomic mass is 9.92. The SMILES string of the molecule is CCc1c(C)c(OC)c(C/C=C(\C)CCCI)c(C)c1OC. The molecule has 1 rings (SSSR count). The molecule has 1 aromatic rings. The Hall–Kier alpha value is -0.710. The van der Waals surface area contributed by atoms with Gasteiger partial charge >= 0.3 is 0 Å². The summed E-state index contributed by atoms with van der Waals surface area (Å²) in [6.45, 7) is 8.66. The first-order chi connectivity index (χ1) is 10.5. The molecule has 0 N–H and O–H groups in total. The topological polar surface area (TPSA) is 18.5 Å². The van der Waals surface area contributed by atoms with Crippen molar-refractivity contribution in [3.8, 4) is 11.5 Å². The molecule has 2 nitrogen and oxygen atoms in total. The average Bonchev–Trinajstić information content (AvgIpc) is 2.52. The van der Waals surface area contributed by atoms with Crippen molar-refractivity contribution in [2.24, 2.45) is 0 Å². The van der Waals surface area contributed by atoms with Gasteiger partial charge in [0, 0.05) is 11.1 Å². The summed E-state index contributed by atoms with van der Waals surface area (Å²) in [7, 11) is 3.53. The van der Waals surface area contributed by atoms with Gasteiger partial charge in [0.2, 0.25) is 0 Å². The third-order valence-corrected chi connectivity index (χ3v) is 5.02. The molecule has 0 saturated carbocycles. The molecule has 0 aliphatic heterocycles. The van der Waals surface area contributed by atoms with Crippen molar-refractivity contribution in [3.05, 3.63) is 33.9 Å². The van der Waals surface area contributed by atoms with Crippen LogP contribution in [0.3, 0.4) is 0 Å². The number of halogens is 1. The zero-order valence-electron chi connectivity index (χ0n) is 14.8. The number of hydrogen-bond acceptors (Lipinski definition) is 2. The van der Waals surface area contributed by atoms with E-state index in [1.807, 2.05) is 0 Å². The quantitative estimate of drug-likeness (QED) is 0.313. The van der Waals surface area contributed by atoms with Crippen LogP contribution in [0.1, 0.15) is 48.9 Å². The van der Waals surface area contributed by atoms with E-state index in [0.717, 1.165) is 24.3 Å². The molecule has 0 fully saturated rings. The van der Waals surface area contributed by atoms with Crippen LogP contribution in [0.15, 0.2) is 11.6 Å². The van der Waals surface area contributed by atoms with E-state index in [0.29, 0.717) is 0 Å². The van der Waals surface area contributed by atoms with Gasteiger partial charge in [-0.25, -0.2) is 0 Å². The van der Waals surface area contributed by atoms with Gasteiger partial charge in [0.1, 0.15) is 11.5 Å². The van der Waals surface area contributed by atoms with Gasteiger partial charge in [0.05, 0.1) is 14.2 Å². The van der Waals surface area contributed by atoms with Gasteiger partial charge in [0.15, 0.2) is 0 Å². The molecule has 0 unspecified atom stereocenters. The maximum atomic E-state index is 5.73. The molecule has 0 radical (unpaired) electrons. The van der Waals surface area contributed by atoms with E-state index >= 15 is 0 Å². The van der Waals surface area contributed by atoms with Crippen molar-refractivity contribution in [1.29, 1.82) is 0 Å². The van der Waals surface area contributed by atoms with E-state index in [-0.39, 0.29) is 0 Å². The number of methoxy groups -OCH3 is 2. The Morgan fingerprint density at radius 1 is 1.05 bits per heavy atom. The van der Waals surface area contributed by atoms with Gasteiger partial charge in [-0.3, -0.25) is 0 Å². The molecule has 22 heavy (non-hydrogen) atoms. The monoisotopic (exact) mass is 416 g/mol. The number of rotatable bonds is 8. The van der Waals surface area contributed by atoms with Gasteiger partial charge in [-0.2, -0.15) is 0 Å². The van der Waals surface area contributed by atoms with Gasteiger partial charge < -0.3 is 9.47 Å². The van der Waals surface area contributed by atoms with Crippen LogP contribution in [-0.2, 0) is 12.8 Å². The smallest absolute Gasteiger partial charge is 0.126 e. The second kappa shape index (κ2) is 9.43. The average molecular weight is 416 g/mol. The lowest BCUT2D eigenvalue weighted by Crippen LogP contribution is -2.05. The van der Waals surface area contributed by atoms with Crippen molar-refractivity contribution in [2.75, 3.05) is 18.6 Å². The van der Waals surface area contributed by atoms with Gasteiger partial charge in [-0.1, -0.05) is 41.2 Å². The first-order valence-electron chi connectivity index (χ1n) is 7.96. The van der Waals surface area contributed by atoms with E-state index in [1.54, 1.807) is 14.2 Å². The summed E-state index contributed by atoms with van der Waals surface area (Å²) in [4.78, 5) is 0. The van der Waals surface area contributed by atoms with Crippen molar-refractivity contribution in [3.63, 3.8) is 0 Å². The van der Waals surface area contributed by atoms with Crippen molar-refractivity contribution in [2.45, 2.75) is 53.4 Å². The summed E-state index contributed by atoms with van der Waals surface area (Å²) in [5.41, 5.74) is 6.38. The second-order valence-electron chi connectivity index (χ2n) is 5.67. The summed E-state index contributed by atoms with van der Waals surface area (Å²) < 4.78 is 12.6. The minimum Gasteiger partial charge on any atom is -0.496 e. The number of alkyl halides is 1. The second-order valence-corrected chi connectivity index (χ2v) is 6.75. The Labute approximate surface area is 149 Å². The fraction of sp³-hybridized carbons (Fsp3) is 0.579. The molecule has 0 bridgehead atoms. The van der Waals surface area contributed by atoms with E-state index in [2.05, 4.69) is 56.4 Å². The number of hydrogen-bond donors (Lipinski definition) is 0. The largest absolute Gasteiger partial charge is 0.496 e. The van der Waals surface area contributed by atoms with Gasteiger partial charge in [0.25, 0.3) is 0 Å². The van der Waals surface area contributed by atoms with Crippen molar-refractivity contribution >= 4 is 22.6 Å². The molecule has 1 aromatic carbocycles. The number of ether oxygens (including phenoxy) is 2. The maximum absolute atomic E-state index is 5.73. The Balaban J connectivity index is 3.26. The Kier molecular flexibility index (Phi) is 8.29. The lowest BCUT2D eigenvalue weighted by molar-refractivity contribution is 0.390. The van der Waals surface area contributed by atoms with Crippen LogP contribution in [-0.4, -0.2) is 18.6 Å². The van der Waals surface area contributed by atoms with Crippen LogP contribution in [0, 0.1) is 13.8 Å². The van der Waals surface area contributed by atoms with E-state index in [9.17, 15) is 0 Å². The summed E-state index contributed by atoms with van der Waals surface area (Å²) in [6, 6.07) is 0. The molecule has 0 spiro atoms. The van der Waals surface area contributed by atoms with Crippen molar-refractivity contribution < 1.29 is 9.47 Å². The van der Waals surface area contributed by atoms with E-state index in [4.69, 9.17) is 9.47 Å². The zero-order valence-corrected chi connectivity index (χ0v) is 17.0. The summed E-state index contributed by atoms with van der Waals surface area (Å²) in [6.07, 6.45) is 6.62. The fourth-order valence-electron chi connectivity index (χ4n) is 3.02. The van der Waals surface area contributed by atoms with Crippen LogP contribution in [0.25, 0.3) is 0 Å². The molecule has 0 aliphatic carbocycles. The van der Waals surface area contributed by atoms with Crippen LogP contribution in [0.5, 0.6) is 11.5 Å².